The van der Waals surface area contributed by atoms with Gasteiger partial charge in [0.2, 0.25) is 11.8 Å². The van der Waals surface area contributed by atoms with Gasteiger partial charge in [-0.3, -0.25) is 9.59 Å². The molecule has 2 aliphatic rings. The lowest BCUT2D eigenvalue weighted by Gasteiger charge is -2.29. The molecule has 1 N–H and O–H groups in total. The van der Waals surface area contributed by atoms with E-state index in [1.165, 1.54) is 0 Å². The molecule has 0 aromatic carbocycles. The SMILES string of the molecule is CCNc1cc2c(nn1)CCN(C(=O)CN1CSCC1=O)C2. The van der Waals surface area contributed by atoms with Gasteiger partial charge in [-0.2, -0.15) is 5.10 Å². The smallest absolute Gasteiger partial charge is 0.242 e. The summed E-state index contributed by atoms with van der Waals surface area (Å²) in [6.45, 7) is 4.14. The van der Waals surface area contributed by atoms with E-state index in [0.29, 0.717) is 31.1 Å². The fraction of sp³-hybridized carbons (Fsp3) is 0.571. The standard InChI is InChI=1S/C14H19N5O2S/c1-2-15-12-5-10-6-18(4-3-11(10)16-17-12)13(20)7-19-9-22-8-14(19)21/h5H,2-4,6-9H2,1H3,(H,15,17). The molecule has 3 rings (SSSR count). The first-order valence-electron chi connectivity index (χ1n) is 7.40. The van der Waals surface area contributed by atoms with E-state index in [4.69, 9.17) is 0 Å². The van der Waals surface area contributed by atoms with Crippen molar-refractivity contribution in [2.75, 3.05) is 36.6 Å². The first-order chi connectivity index (χ1) is 10.7. The second-order valence-electron chi connectivity index (χ2n) is 5.37. The van der Waals surface area contributed by atoms with Crippen LogP contribution in [0.3, 0.4) is 0 Å². The Bertz CT molecular complexity index is 595. The normalized spacial score (nSPS) is 17.6. The van der Waals surface area contributed by atoms with Gasteiger partial charge in [-0.15, -0.1) is 16.9 Å². The summed E-state index contributed by atoms with van der Waals surface area (Å²) in [5.41, 5.74) is 1.99. The monoisotopic (exact) mass is 321 g/mol. The summed E-state index contributed by atoms with van der Waals surface area (Å²) in [6, 6.07) is 1.96. The van der Waals surface area contributed by atoms with Crippen molar-refractivity contribution in [3.8, 4) is 0 Å². The van der Waals surface area contributed by atoms with Gasteiger partial charge >= 0.3 is 0 Å². The Hall–Kier alpha value is -1.83. The highest BCUT2D eigenvalue weighted by atomic mass is 32.2. The fourth-order valence-electron chi connectivity index (χ4n) is 2.61. The summed E-state index contributed by atoms with van der Waals surface area (Å²) in [6.07, 6.45) is 0.711. The first-order valence-corrected chi connectivity index (χ1v) is 8.55. The number of hydrogen-bond donors (Lipinski definition) is 1. The molecule has 0 aliphatic carbocycles. The number of rotatable bonds is 4. The molecule has 0 radical (unpaired) electrons. The van der Waals surface area contributed by atoms with Crippen molar-refractivity contribution >= 4 is 29.4 Å². The first kappa shape index (κ1) is 15.1. The number of amides is 2. The summed E-state index contributed by atoms with van der Waals surface area (Å²) in [4.78, 5) is 27.4. The summed E-state index contributed by atoms with van der Waals surface area (Å²) in [5, 5.41) is 11.5. The van der Waals surface area contributed by atoms with Gasteiger partial charge in [-0.05, 0) is 18.6 Å². The van der Waals surface area contributed by atoms with E-state index in [1.807, 2.05) is 13.0 Å². The van der Waals surface area contributed by atoms with Gasteiger partial charge < -0.3 is 15.1 Å². The Morgan fingerprint density at radius 1 is 1.45 bits per heavy atom. The van der Waals surface area contributed by atoms with Gasteiger partial charge in [-0.25, -0.2) is 0 Å². The van der Waals surface area contributed by atoms with E-state index in [0.717, 1.165) is 23.6 Å². The van der Waals surface area contributed by atoms with Crippen LogP contribution in [0.1, 0.15) is 18.2 Å². The number of hydrogen-bond acceptors (Lipinski definition) is 6. The molecule has 22 heavy (non-hydrogen) atoms. The van der Waals surface area contributed by atoms with Crippen molar-refractivity contribution in [2.24, 2.45) is 0 Å². The third-order valence-electron chi connectivity index (χ3n) is 3.80. The predicted molar refractivity (Wildman–Crippen MR) is 84.4 cm³/mol. The molecule has 1 aromatic rings. The molecule has 1 saturated heterocycles. The molecule has 2 amide bonds. The Balaban J connectivity index is 1.66. The zero-order valence-corrected chi connectivity index (χ0v) is 13.4. The van der Waals surface area contributed by atoms with Gasteiger partial charge in [0.05, 0.1) is 17.3 Å². The number of anilines is 1. The second-order valence-corrected chi connectivity index (χ2v) is 6.32. The summed E-state index contributed by atoms with van der Waals surface area (Å²) in [7, 11) is 0. The number of carbonyl (C=O) groups is 2. The lowest BCUT2D eigenvalue weighted by Crippen LogP contribution is -2.43. The molecule has 1 aromatic heterocycles. The summed E-state index contributed by atoms with van der Waals surface area (Å²) >= 11 is 1.55. The van der Waals surface area contributed by atoms with E-state index < -0.39 is 0 Å². The van der Waals surface area contributed by atoms with Gasteiger partial charge in [0.25, 0.3) is 0 Å². The van der Waals surface area contributed by atoms with Crippen molar-refractivity contribution in [1.82, 2.24) is 20.0 Å². The van der Waals surface area contributed by atoms with Gasteiger partial charge in [0.1, 0.15) is 12.4 Å². The molecule has 0 unspecified atom stereocenters. The van der Waals surface area contributed by atoms with Crippen LogP contribution >= 0.6 is 11.8 Å². The molecule has 0 spiro atoms. The minimum Gasteiger partial charge on any atom is -0.369 e. The van der Waals surface area contributed by atoms with Crippen molar-refractivity contribution < 1.29 is 9.59 Å². The maximum absolute atomic E-state index is 12.4. The van der Waals surface area contributed by atoms with Gasteiger partial charge in [0.15, 0.2) is 0 Å². The van der Waals surface area contributed by atoms with Crippen molar-refractivity contribution in [3.05, 3.63) is 17.3 Å². The number of nitrogens with zero attached hydrogens (tertiary/aromatic N) is 4. The summed E-state index contributed by atoms with van der Waals surface area (Å²) in [5.74, 6) is 1.89. The van der Waals surface area contributed by atoms with Crippen LogP contribution in [-0.4, -0.2) is 63.1 Å². The lowest BCUT2D eigenvalue weighted by molar-refractivity contribution is -0.138. The number of fused-ring (bicyclic) bond motifs is 1. The summed E-state index contributed by atoms with van der Waals surface area (Å²) < 4.78 is 0. The topological polar surface area (TPSA) is 78.4 Å². The van der Waals surface area contributed by atoms with E-state index in [9.17, 15) is 9.59 Å². The molecule has 2 aliphatic heterocycles. The maximum Gasteiger partial charge on any atom is 0.242 e. The van der Waals surface area contributed by atoms with Crippen LogP contribution in [0.5, 0.6) is 0 Å². The highest BCUT2D eigenvalue weighted by Crippen LogP contribution is 2.20. The van der Waals surface area contributed by atoms with Crippen LogP contribution in [0.2, 0.25) is 0 Å². The third-order valence-corrected chi connectivity index (χ3v) is 4.75. The van der Waals surface area contributed by atoms with Crippen LogP contribution < -0.4 is 5.32 Å². The molecule has 0 atom stereocenters. The largest absolute Gasteiger partial charge is 0.369 e. The quantitative estimate of drug-likeness (QED) is 0.861. The van der Waals surface area contributed by atoms with E-state index in [1.54, 1.807) is 21.6 Å². The average molecular weight is 321 g/mol. The van der Waals surface area contributed by atoms with Crippen molar-refractivity contribution in [1.29, 1.82) is 0 Å². The van der Waals surface area contributed by atoms with E-state index in [2.05, 4.69) is 15.5 Å². The minimum absolute atomic E-state index is 0.00307. The molecular formula is C14H19N5O2S. The van der Waals surface area contributed by atoms with Crippen LogP contribution in [0.15, 0.2) is 6.07 Å². The molecule has 3 heterocycles. The minimum atomic E-state index is 0.00307. The highest BCUT2D eigenvalue weighted by molar-refractivity contribution is 8.00. The molecule has 8 heteroatoms. The molecule has 7 nitrogen and oxygen atoms in total. The Morgan fingerprint density at radius 2 is 2.32 bits per heavy atom. The van der Waals surface area contributed by atoms with Crippen molar-refractivity contribution in [2.45, 2.75) is 19.9 Å². The molecule has 0 bridgehead atoms. The Labute approximate surface area is 133 Å². The molecule has 118 valence electrons. The van der Waals surface area contributed by atoms with Gasteiger partial charge in [-0.1, -0.05) is 0 Å². The molecule has 0 saturated carbocycles. The molecular weight excluding hydrogens is 302 g/mol. The maximum atomic E-state index is 12.4. The number of aromatic nitrogens is 2. The number of nitrogens with one attached hydrogen (secondary N) is 1. The van der Waals surface area contributed by atoms with Crippen molar-refractivity contribution in [3.63, 3.8) is 0 Å². The lowest BCUT2D eigenvalue weighted by atomic mass is 10.1. The Kier molecular flexibility index (Phi) is 4.47. The highest BCUT2D eigenvalue weighted by Gasteiger charge is 2.27. The number of carbonyl (C=O) groups excluding carboxylic acids is 2. The molecule has 1 fully saturated rings. The Morgan fingerprint density at radius 3 is 3.05 bits per heavy atom. The fourth-order valence-corrected chi connectivity index (χ4v) is 3.52. The van der Waals surface area contributed by atoms with Crippen LogP contribution in [-0.2, 0) is 22.6 Å². The average Bonchev–Trinajstić information content (AvgIpc) is 2.92. The predicted octanol–water partition coefficient (Wildman–Crippen LogP) is 0.326. The van der Waals surface area contributed by atoms with E-state index >= 15 is 0 Å². The number of thioether (sulfide) groups is 1. The van der Waals surface area contributed by atoms with Crippen LogP contribution in [0.4, 0.5) is 5.82 Å². The van der Waals surface area contributed by atoms with Gasteiger partial charge in [0, 0.05) is 26.1 Å². The van der Waals surface area contributed by atoms with E-state index in [-0.39, 0.29) is 18.4 Å². The third kappa shape index (κ3) is 3.16. The second kappa shape index (κ2) is 6.51. The zero-order valence-electron chi connectivity index (χ0n) is 12.5. The zero-order chi connectivity index (χ0) is 15.5. The van der Waals surface area contributed by atoms with Crippen LogP contribution in [0, 0.1) is 0 Å². The van der Waals surface area contributed by atoms with Crippen LogP contribution in [0.25, 0.3) is 0 Å².